The summed E-state index contributed by atoms with van der Waals surface area (Å²) in [6.45, 7) is 2.19. The number of ether oxygens (including phenoxy) is 1. The van der Waals surface area contributed by atoms with E-state index in [1.807, 2.05) is 4.90 Å². The maximum absolute atomic E-state index is 10.9. The summed E-state index contributed by atoms with van der Waals surface area (Å²) in [7, 11) is 0. The Morgan fingerprint density at radius 2 is 2.46 bits per heavy atom. The molecule has 1 heterocycles. The molecule has 74 valence electrons. The lowest BCUT2D eigenvalue weighted by atomic mass is 10.2. The summed E-state index contributed by atoms with van der Waals surface area (Å²) in [6, 6.07) is -0.367. The van der Waals surface area contributed by atoms with Crippen LogP contribution >= 0.6 is 0 Å². The maximum Gasteiger partial charge on any atom is 0.237 e. The van der Waals surface area contributed by atoms with E-state index in [2.05, 4.69) is 0 Å². The van der Waals surface area contributed by atoms with Crippen LogP contribution in [0.5, 0.6) is 0 Å². The molecule has 0 aromatic carbocycles. The molecule has 0 aliphatic carbocycles. The Balaban J connectivity index is 2.46. The quantitative estimate of drug-likeness (QED) is 0.557. The molecular formula is C8H14N2O3. The smallest absolute Gasteiger partial charge is 0.237 e. The second-order valence-corrected chi connectivity index (χ2v) is 2.98. The number of aldehydes is 1. The number of hydrogen-bond acceptors (Lipinski definition) is 4. The molecule has 0 saturated carbocycles. The Morgan fingerprint density at radius 1 is 1.69 bits per heavy atom. The van der Waals surface area contributed by atoms with Crippen LogP contribution in [-0.2, 0) is 14.3 Å². The molecule has 1 rings (SSSR count). The van der Waals surface area contributed by atoms with Crippen LogP contribution < -0.4 is 5.73 Å². The van der Waals surface area contributed by atoms with Crippen molar-refractivity contribution in [1.29, 1.82) is 0 Å². The maximum atomic E-state index is 10.9. The average molecular weight is 186 g/mol. The first-order valence-corrected chi connectivity index (χ1v) is 4.30. The van der Waals surface area contributed by atoms with E-state index in [4.69, 9.17) is 10.5 Å². The molecule has 2 N–H and O–H groups in total. The molecular weight excluding hydrogens is 172 g/mol. The van der Waals surface area contributed by atoms with Gasteiger partial charge in [-0.2, -0.15) is 0 Å². The van der Waals surface area contributed by atoms with Gasteiger partial charge in [-0.15, -0.1) is 0 Å². The minimum absolute atomic E-state index is 0.341. The molecule has 0 aromatic heterocycles. The molecule has 5 nitrogen and oxygen atoms in total. The first-order valence-electron chi connectivity index (χ1n) is 4.30. The van der Waals surface area contributed by atoms with Crippen LogP contribution in [0.2, 0.25) is 0 Å². The summed E-state index contributed by atoms with van der Waals surface area (Å²) in [5.41, 5.74) is 5.18. The molecule has 1 saturated heterocycles. The molecule has 0 radical (unpaired) electrons. The van der Waals surface area contributed by atoms with Gasteiger partial charge in [-0.3, -0.25) is 9.69 Å². The van der Waals surface area contributed by atoms with Gasteiger partial charge in [-0.1, -0.05) is 0 Å². The first kappa shape index (κ1) is 10.1. The van der Waals surface area contributed by atoms with Crippen molar-refractivity contribution >= 4 is 12.2 Å². The van der Waals surface area contributed by atoms with Crippen molar-refractivity contribution in [2.45, 2.75) is 12.5 Å². The van der Waals surface area contributed by atoms with Crippen LogP contribution in [0.1, 0.15) is 6.42 Å². The lowest BCUT2D eigenvalue weighted by Gasteiger charge is -2.32. The SMILES string of the molecule is NC(=O)C1COCCN1CCC=O. The number of morpholine rings is 1. The van der Waals surface area contributed by atoms with Gasteiger partial charge in [0.15, 0.2) is 0 Å². The van der Waals surface area contributed by atoms with Gasteiger partial charge in [0.05, 0.1) is 13.2 Å². The Kier molecular flexibility index (Phi) is 3.85. The molecule has 1 atom stereocenters. The number of carbonyl (C=O) groups excluding carboxylic acids is 2. The summed E-state index contributed by atoms with van der Waals surface area (Å²) in [5, 5.41) is 0. The molecule has 0 bridgehead atoms. The number of carbonyl (C=O) groups is 2. The van der Waals surface area contributed by atoms with E-state index in [9.17, 15) is 9.59 Å². The van der Waals surface area contributed by atoms with E-state index >= 15 is 0 Å². The van der Waals surface area contributed by atoms with Crippen LogP contribution in [-0.4, -0.2) is 49.4 Å². The van der Waals surface area contributed by atoms with E-state index in [0.717, 1.165) is 6.29 Å². The third kappa shape index (κ3) is 2.78. The summed E-state index contributed by atoms with van der Waals surface area (Å²) in [4.78, 5) is 23.0. The van der Waals surface area contributed by atoms with Crippen molar-refractivity contribution < 1.29 is 14.3 Å². The minimum Gasteiger partial charge on any atom is -0.378 e. The summed E-state index contributed by atoms with van der Waals surface area (Å²) < 4.78 is 5.12. The van der Waals surface area contributed by atoms with Gasteiger partial charge in [0.1, 0.15) is 12.3 Å². The molecule has 0 spiro atoms. The first-order chi connectivity index (χ1) is 6.25. The van der Waals surface area contributed by atoms with E-state index in [0.29, 0.717) is 32.7 Å². The van der Waals surface area contributed by atoms with Crippen LogP contribution in [0.3, 0.4) is 0 Å². The van der Waals surface area contributed by atoms with Crippen molar-refractivity contribution in [1.82, 2.24) is 4.90 Å². The van der Waals surface area contributed by atoms with Gasteiger partial charge in [0, 0.05) is 19.5 Å². The zero-order valence-corrected chi connectivity index (χ0v) is 7.44. The van der Waals surface area contributed by atoms with E-state index in [1.54, 1.807) is 0 Å². The Bertz CT molecular complexity index is 196. The number of nitrogens with two attached hydrogens (primary N) is 1. The third-order valence-electron chi connectivity index (χ3n) is 2.10. The van der Waals surface area contributed by atoms with Gasteiger partial charge in [-0.25, -0.2) is 0 Å². The fraction of sp³-hybridized carbons (Fsp3) is 0.750. The van der Waals surface area contributed by atoms with Crippen molar-refractivity contribution in [3.05, 3.63) is 0 Å². The van der Waals surface area contributed by atoms with Crippen molar-refractivity contribution in [2.24, 2.45) is 5.73 Å². The molecule has 5 heteroatoms. The van der Waals surface area contributed by atoms with Crippen LogP contribution in [0.4, 0.5) is 0 Å². The van der Waals surface area contributed by atoms with Gasteiger partial charge < -0.3 is 15.3 Å². The average Bonchev–Trinajstić information content (AvgIpc) is 2.15. The lowest BCUT2D eigenvalue weighted by Crippen LogP contribution is -2.52. The highest BCUT2D eigenvalue weighted by Crippen LogP contribution is 2.06. The molecule has 1 aliphatic heterocycles. The van der Waals surface area contributed by atoms with Gasteiger partial charge in [-0.05, 0) is 0 Å². The predicted octanol–water partition coefficient (Wildman–Crippen LogP) is -1.24. The molecule has 1 unspecified atom stereocenters. The van der Waals surface area contributed by atoms with Crippen LogP contribution in [0.15, 0.2) is 0 Å². The van der Waals surface area contributed by atoms with E-state index in [-0.39, 0.29) is 11.9 Å². The highest BCUT2D eigenvalue weighted by atomic mass is 16.5. The summed E-state index contributed by atoms with van der Waals surface area (Å²) in [6.07, 6.45) is 1.28. The molecule has 1 fully saturated rings. The minimum atomic E-state index is -0.384. The monoisotopic (exact) mass is 186 g/mol. The molecule has 1 amide bonds. The number of rotatable bonds is 4. The molecule has 13 heavy (non-hydrogen) atoms. The standard InChI is InChI=1S/C8H14N2O3/c9-8(12)7-6-13-5-3-10(7)2-1-4-11/h4,7H,1-3,5-6H2,(H2,9,12). The number of hydrogen-bond donors (Lipinski definition) is 1. The van der Waals surface area contributed by atoms with Crippen molar-refractivity contribution in [3.8, 4) is 0 Å². The predicted molar refractivity (Wildman–Crippen MR) is 46.1 cm³/mol. The fourth-order valence-electron chi connectivity index (χ4n) is 1.39. The Hall–Kier alpha value is -0.940. The van der Waals surface area contributed by atoms with Gasteiger partial charge in [0.25, 0.3) is 0 Å². The van der Waals surface area contributed by atoms with Gasteiger partial charge in [0.2, 0.25) is 5.91 Å². The highest BCUT2D eigenvalue weighted by Gasteiger charge is 2.26. The Morgan fingerprint density at radius 3 is 3.08 bits per heavy atom. The largest absolute Gasteiger partial charge is 0.378 e. The molecule has 1 aliphatic rings. The third-order valence-corrected chi connectivity index (χ3v) is 2.10. The second kappa shape index (κ2) is 4.94. The van der Waals surface area contributed by atoms with Crippen LogP contribution in [0, 0.1) is 0 Å². The summed E-state index contributed by atoms with van der Waals surface area (Å²) in [5.74, 6) is -0.384. The summed E-state index contributed by atoms with van der Waals surface area (Å²) >= 11 is 0. The Labute approximate surface area is 76.8 Å². The van der Waals surface area contributed by atoms with Crippen molar-refractivity contribution in [3.63, 3.8) is 0 Å². The highest BCUT2D eigenvalue weighted by molar-refractivity contribution is 5.80. The normalized spacial score (nSPS) is 24.2. The second-order valence-electron chi connectivity index (χ2n) is 2.98. The van der Waals surface area contributed by atoms with Crippen molar-refractivity contribution in [2.75, 3.05) is 26.3 Å². The van der Waals surface area contributed by atoms with Crippen LogP contribution in [0.25, 0.3) is 0 Å². The topological polar surface area (TPSA) is 72.6 Å². The zero-order valence-electron chi connectivity index (χ0n) is 7.44. The zero-order chi connectivity index (χ0) is 9.68. The van der Waals surface area contributed by atoms with E-state index < -0.39 is 0 Å². The number of amides is 1. The number of nitrogens with zero attached hydrogens (tertiary/aromatic N) is 1. The lowest BCUT2D eigenvalue weighted by molar-refractivity contribution is -0.129. The van der Waals surface area contributed by atoms with E-state index in [1.165, 1.54) is 0 Å². The molecule has 0 aromatic rings. The van der Waals surface area contributed by atoms with Gasteiger partial charge >= 0.3 is 0 Å². The number of primary amides is 1. The fourth-order valence-corrected chi connectivity index (χ4v) is 1.39.